The van der Waals surface area contributed by atoms with Crippen LogP contribution in [0.15, 0.2) is 41.3 Å². The van der Waals surface area contributed by atoms with Crippen LogP contribution in [0.3, 0.4) is 0 Å². The second kappa shape index (κ2) is 6.74. The summed E-state index contributed by atoms with van der Waals surface area (Å²) in [6, 6.07) is 5.18. The molecule has 24 heavy (non-hydrogen) atoms. The van der Waals surface area contributed by atoms with E-state index in [4.69, 9.17) is 4.42 Å². The molecule has 1 fully saturated rings. The Morgan fingerprint density at radius 1 is 1.33 bits per heavy atom. The summed E-state index contributed by atoms with van der Waals surface area (Å²) in [5.74, 6) is -0.205. The summed E-state index contributed by atoms with van der Waals surface area (Å²) in [5.41, 5.74) is 1.80. The maximum atomic E-state index is 12.6. The zero-order valence-corrected chi connectivity index (χ0v) is 13.7. The van der Waals surface area contributed by atoms with E-state index in [1.807, 2.05) is 6.07 Å². The van der Waals surface area contributed by atoms with Crippen molar-refractivity contribution in [1.82, 2.24) is 14.8 Å². The minimum atomic E-state index is -0.205. The number of pyridine rings is 1. The molecule has 1 aliphatic rings. The van der Waals surface area contributed by atoms with Crippen molar-refractivity contribution in [1.29, 1.82) is 0 Å². The van der Waals surface area contributed by atoms with Crippen LogP contribution in [0.2, 0.25) is 0 Å². The molecule has 126 valence electrons. The summed E-state index contributed by atoms with van der Waals surface area (Å²) in [7, 11) is 3.32. The van der Waals surface area contributed by atoms with Gasteiger partial charge in [-0.05, 0) is 31.0 Å². The van der Waals surface area contributed by atoms with Gasteiger partial charge >= 0.3 is 6.03 Å². The Balaban J connectivity index is 1.71. The Bertz CT molecular complexity index is 723. The minimum absolute atomic E-state index is 0.187. The summed E-state index contributed by atoms with van der Waals surface area (Å²) in [4.78, 5) is 31.9. The Labute approximate surface area is 140 Å². The molecule has 2 aromatic rings. The molecule has 7 heteroatoms. The lowest BCUT2D eigenvalue weighted by Gasteiger charge is -2.22. The molecule has 7 nitrogen and oxygen atoms in total. The number of nitrogens with one attached hydrogen (secondary N) is 1. The Morgan fingerprint density at radius 2 is 2.12 bits per heavy atom. The Kier molecular flexibility index (Phi) is 4.50. The van der Waals surface area contributed by atoms with Crippen molar-refractivity contribution < 1.29 is 14.0 Å². The fraction of sp³-hybridized carbons (Fsp3) is 0.353. The minimum Gasteiger partial charge on any atom is -0.472 e. The van der Waals surface area contributed by atoms with Crippen LogP contribution in [0, 0.1) is 0 Å². The lowest BCUT2D eigenvalue weighted by atomic mass is 10.3. The summed E-state index contributed by atoms with van der Waals surface area (Å²) in [6.45, 7) is 0.502. The van der Waals surface area contributed by atoms with E-state index in [1.165, 1.54) is 11.1 Å². The molecule has 1 aliphatic carbocycles. The molecule has 2 aromatic heterocycles. The van der Waals surface area contributed by atoms with Crippen molar-refractivity contribution in [3.05, 3.63) is 48.2 Å². The van der Waals surface area contributed by atoms with Gasteiger partial charge in [-0.25, -0.2) is 4.79 Å². The van der Waals surface area contributed by atoms with Gasteiger partial charge in [0.1, 0.15) is 5.69 Å². The van der Waals surface area contributed by atoms with Crippen molar-refractivity contribution in [2.24, 2.45) is 0 Å². The number of carbonyl (C=O) groups excluding carboxylic acids is 2. The molecule has 0 bridgehead atoms. The van der Waals surface area contributed by atoms with Crippen LogP contribution in [0.5, 0.6) is 0 Å². The molecule has 0 atom stereocenters. The van der Waals surface area contributed by atoms with Gasteiger partial charge in [0.2, 0.25) is 0 Å². The first kappa shape index (κ1) is 16.0. The summed E-state index contributed by atoms with van der Waals surface area (Å²) < 4.78 is 5.07. The van der Waals surface area contributed by atoms with Crippen molar-refractivity contribution in [2.75, 3.05) is 19.4 Å². The van der Waals surface area contributed by atoms with Gasteiger partial charge in [-0.15, -0.1) is 0 Å². The fourth-order valence-corrected chi connectivity index (χ4v) is 2.38. The van der Waals surface area contributed by atoms with Gasteiger partial charge in [-0.3, -0.25) is 9.78 Å². The van der Waals surface area contributed by atoms with E-state index in [0.717, 1.165) is 18.4 Å². The van der Waals surface area contributed by atoms with Gasteiger partial charge < -0.3 is 19.5 Å². The van der Waals surface area contributed by atoms with E-state index < -0.39 is 0 Å². The van der Waals surface area contributed by atoms with Crippen LogP contribution in [-0.4, -0.2) is 46.9 Å². The average Bonchev–Trinajstić information content (AvgIpc) is 3.27. The molecule has 3 amide bonds. The first-order valence-corrected chi connectivity index (χ1v) is 7.81. The van der Waals surface area contributed by atoms with E-state index in [1.54, 1.807) is 43.7 Å². The zero-order chi connectivity index (χ0) is 17.1. The maximum Gasteiger partial charge on any atom is 0.322 e. The largest absolute Gasteiger partial charge is 0.472 e. The van der Waals surface area contributed by atoms with Crippen molar-refractivity contribution >= 4 is 17.6 Å². The maximum absolute atomic E-state index is 12.6. The zero-order valence-electron chi connectivity index (χ0n) is 13.7. The predicted octanol–water partition coefficient (Wildman–Crippen LogP) is 2.57. The van der Waals surface area contributed by atoms with Gasteiger partial charge in [0.05, 0.1) is 19.1 Å². The molecule has 0 aliphatic heterocycles. The van der Waals surface area contributed by atoms with E-state index in [9.17, 15) is 9.59 Å². The smallest absolute Gasteiger partial charge is 0.322 e. The standard InChI is InChI=1S/C17H20N4O3/c1-20(2)16(22)15-9-13(5-7-18-15)19-17(23)21(14-3-4-14)10-12-6-8-24-11-12/h5-9,11,14H,3-4,10H2,1-2H3,(H,18,19,23). The van der Waals surface area contributed by atoms with Gasteiger partial charge in [0.15, 0.2) is 0 Å². The van der Waals surface area contributed by atoms with Crippen molar-refractivity contribution in [2.45, 2.75) is 25.4 Å². The lowest BCUT2D eigenvalue weighted by molar-refractivity contribution is 0.0822. The highest BCUT2D eigenvalue weighted by atomic mass is 16.3. The van der Waals surface area contributed by atoms with Crippen molar-refractivity contribution in [3.8, 4) is 0 Å². The third kappa shape index (κ3) is 3.73. The Hall–Kier alpha value is -2.83. The monoisotopic (exact) mass is 328 g/mol. The lowest BCUT2D eigenvalue weighted by Crippen LogP contribution is -2.36. The first-order valence-electron chi connectivity index (χ1n) is 7.81. The number of amides is 3. The van der Waals surface area contributed by atoms with E-state index >= 15 is 0 Å². The second-order valence-electron chi connectivity index (χ2n) is 6.05. The highest BCUT2D eigenvalue weighted by Gasteiger charge is 2.32. The molecule has 3 rings (SSSR count). The number of anilines is 1. The number of carbonyl (C=O) groups is 2. The third-order valence-corrected chi connectivity index (χ3v) is 3.82. The average molecular weight is 328 g/mol. The molecule has 0 spiro atoms. The molecule has 0 aromatic carbocycles. The number of nitrogens with zero attached hydrogens (tertiary/aromatic N) is 3. The fourth-order valence-electron chi connectivity index (χ4n) is 2.38. The SMILES string of the molecule is CN(C)C(=O)c1cc(NC(=O)N(Cc2ccoc2)C2CC2)ccn1. The van der Waals surface area contributed by atoms with Crippen molar-refractivity contribution in [3.63, 3.8) is 0 Å². The highest BCUT2D eigenvalue weighted by molar-refractivity contribution is 5.95. The number of aromatic nitrogens is 1. The molecule has 2 heterocycles. The third-order valence-electron chi connectivity index (χ3n) is 3.82. The number of hydrogen-bond acceptors (Lipinski definition) is 4. The van der Waals surface area contributed by atoms with Gasteiger partial charge in [0.25, 0.3) is 5.91 Å². The first-order chi connectivity index (χ1) is 11.5. The normalized spacial score (nSPS) is 13.4. The molecule has 0 unspecified atom stereocenters. The quantitative estimate of drug-likeness (QED) is 0.915. The van der Waals surface area contributed by atoms with E-state index in [-0.39, 0.29) is 18.0 Å². The number of urea groups is 1. The van der Waals surface area contributed by atoms with Crippen LogP contribution in [0.1, 0.15) is 28.9 Å². The summed E-state index contributed by atoms with van der Waals surface area (Å²) in [6.07, 6.45) is 6.77. The van der Waals surface area contributed by atoms with E-state index in [2.05, 4.69) is 10.3 Å². The molecule has 1 N–H and O–H groups in total. The van der Waals surface area contributed by atoms with Gasteiger partial charge in [-0.2, -0.15) is 0 Å². The predicted molar refractivity (Wildman–Crippen MR) is 88.5 cm³/mol. The van der Waals surface area contributed by atoms with Crippen LogP contribution in [0.4, 0.5) is 10.5 Å². The molecule has 0 saturated heterocycles. The summed E-state index contributed by atoms with van der Waals surface area (Å²) >= 11 is 0. The Morgan fingerprint density at radius 3 is 2.75 bits per heavy atom. The van der Waals surface area contributed by atoms with Gasteiger partial charge in [-0.1, -0.05) is 0 Å². The van der Waals surface area contributed by atoms with Crippen LogP contribution < -0.4 is 5.32 Å². The molecular formula is C17H20N4O3. The van der Waals surface area contributed by atoms with Crippen LogP contribution >= 0.6 is 0 Å². The number of hydrogen-bond donors (Lipinski definition) is 1. The summed E-state index contributed by atoms with van der Waals surface area (Å²) in [5, 5.41) is 2.86. The topological polar surface area (TPSA) is 78.7 Å². The molecule has 0 radical (unpaired) electrons. The van der Waals surface area contributed by atoms with Crippen LogP contribution in [-0.2, 0) is 6.54 Å². The second-order valence-corrected chi connectivity index (χ2v) is 6.05. The number of rotatable bonds is 5. The van der Waals surface area contributed by atoms with Gasteiger partial charge in [0, 0.05) is 37.6 Å². The molecule has 1 saturated carbocycles. The van der Waals surface area contributed by atoms with Crippen LogP contribution in [0.25, 0.3) is 0 Å². The highest BCUT2D eigenvalue weighted by Crippen LogP contribution is 2.29. The van der Waals surface area contributed by atoms with E-state index in [0.29, 0.717) is 17.9 Å². The molecular weight excluding hydrogens is 308 g/mol. The number of furan rings is 1.